The molecule has 1 fully saturated rings. The van der Waals surface area contributed by atoms with Crippen LogP contribution >= 0.6 is 0 Å². The summed E-state index contributed by atoms with van der Waals surface area (Å²) < 4.78 is 7.46. The van der Waals surface area contributed by atoms with Gasteiger partial charge in [0.2, 0.25) is 5.91 Å². The average molecular weight is 345 g/mol. The van der Waals surface area contributed by atoms with Crippen LogP contribution in [-0.2, 0) is 16.0 Å². The third-order valence-corrected chi connectivity index (χ3v) is 4.63. The fourth-order valence-electron chi connectivity index (χ4n) is 3.40. The molecule has 136 valence electrons. The van der Waals surface area contributed by atoms with E-state index in [0.29, 0.717) is 13.0 Å². The number of aromatic nitrogens is 3. The summed E-state index contributed by atoms with van der Waals surface area (Å²) in [5.41, 5.74) is 1.78. The molecule has 3 rings (SSSR count). The minimum atomic E-state index is 0.156. The molecule has 0 saturated carbocycles. The highest BCUT2D eigenvalue weighted by Crippen LogP contribution is 2.21. The summed E-state index contributed by atoms with van der Waals surface area (Å²) in [5.74, 6) is 1.22. The maximum atomic E-state index is 12.3. The van der Waals surface area contributed by atoms with E-state index in [4.69, 9.17) is 9.72 Å². The SMILES string of the molecule is COC[C@@H](C)n1c(CCCC(=O)N2CCNCC2)nc2cccnc21. The maximum absolute atomic E-state index is 12.3. The molecular formula is C18H27N5O2. The quantitative estimate of drug-likeness (QED) is 0.821. The van der Waals surface area contributed by atoms with Crippen molar-refractivity contribution in [2.75, 3.05) is 39.9 Å². The zero-order valence-corrected chi connectivity index (χ0v) is 15.1. The van der Waals surface area contributed by atoms with Gasteiger partial charge in [-0.15, -0.1) is 0 Å². The largest absolute Gasteiger partial charge is 0.383 e. The third-order valence-electron chi connectivity index (χ3n) is 4.63. The first kappa shape index (κ1) is 17.8. The summed E-state index contributed by atoms with van der Waals surface area (Å²) in [5, 5.41) is 3.27. The number of nitrogens with zero attached hydrogens (tertiary/aromatic N) is 4. The molecule has 1 amide bonds. The minimum absolute atomic E-state index is 0.156. The van der Waals surface area contributed by atoms with Crippen LogP contribution < -0.4 is 5.32 Å². The summed E-state index contributed by atoms with van der Waals surface area (Å²) in [6.07, 6.45) is 3.92. The second-order valence-electron chi connectivity index (χ2n) is 6.53. The van der Waals surface area contributed by atoms with Crippen molar-refractivity contribution >= 4 is 17.1 Å². The Kier molecular flexibility index (Phi) is 5.99. The number of hydrogen-bond donors (Lipinski definition) is 1. The Hall–Kier alpha value is -1.99. The number of aryl methyl sites for hydroxylation is 1. The van der Waals surface area contributed by atoms with Crippen LogP contribution in [0, 0.1) is 0 Å². The number of fused-ring (bicyclic) bond motifs is 1. The average Bonchev–Trinajstić information content (AvgIpc) is 3.01. The minimum Gasteiger partial charge on any atom is -0.383 e. The summed E-state index contributed by atoms with van der Waals surface area (Å²) in [4.78, 5) is 23.5. The topological polar surface area (TPSA) is 72.3 Å². The standard InChI is InChI=1S/C18H27N5O2/c1-14(13-25-2)23-16(21-15-5-4-8-20-18(15)23)6-3-7-17(24)22-11-9-19-10-12-22/h4-5,8,14,19H,3,6-7,9-13H2,1-2H3/t14-/m1/s1. The molecule has 3 heterocycles. The molecule has 2 aromatic heterocycles. The summed E-state index contributed by atoms with van der Waals surface area (Å²) in [7, 11) is 1.70. The van der Waals surface area contributed by atoms with Crippen LogP contribution in [0.25, 0.3) is 11.2 Å². The lowest BCUT2D eigenvalue weighted by Gasteiger charge is -2.27. The van der Waals surface area contributed by atoms with Crippen molar-refractivity contribution in [1.82, 2.24) is 24.8 Å². The number of hydrogen-bond acceptors (Lipinski definition) is 5. The Morgan fingerprint density at radius 3 is 2.96 bits per heavy atom. The van der Waals surface area contributed by atoms with Crippen molar-refractivity contribution in [3.8, 4) is 0 Å². The molecule has 0 spiro atoms. The van der Waals surface area contributed by atoms with Gasteiger partial charge in [0.1, 0.15) is 11.3 Å². The van der Waals surface area contributed by atoms with Gasteiger partial charge in [0.05, 0.1) is 12.6 Å². The third kappa shape index (κ3) is 4.16. The molecular weight excluding hydrogens is 318 g/mol. The van der Waals surface area contributed by atoms with Gasteiger partial charge in [-0.1, -0.05) is 0 Å². The number of nitrogens with one attached hydrogen (secondary N) is 1. The number of piperazine rings is 1. The highest BCUT2D eigenvalue weighted by atomic mass is 16.5. The molecule has 0 unspecified atom stereocenters. The zero-order chi connectivity index (χ0) is 17.6. The van der Waals surface area contributed by atoms with Gasteiger partial charge in [-0.05, 0) is 25.5 Å². The smallest absolute Gasteiger partial charge is 0.222 e. The van der Waals surface area contributed by atoms with E-state index in [0.717, 1.165) is 56.0 Å². The van der Waals surface area contributed by atoms with Crippen molar-refractivity contribution < 1.29 is 9.53 Å². The number of pyridine rings is 1. The van der Waals surface area contributed by atoms with E-state index >= 15 is 0 Å². The molecule has 0 aromatic carbocycles. The second kappa shape index (κ2) is 8.40. The van der Waals surface area contributed by atoms with Crippen molar-refractivity contribution in [2.24, 2.45) is 0 Å². The molecule has 0 aliphatic carbocycles. The Balaban J connectivity index is 1.68. The monoisotopic (exact) mass is 345 g/mol. The summed E-state index contributed by atoms with van der Waals surface area (Å²) in [6, 6.07) is 4.04. The summed E-state index contributed by atoms with van der Waals surface area (Å²) >= 11 is 0. The van der Waals surface area contributed by atoms with E-state index in [1.165, 1.54) is 0 Å². The summed E-state index contributed by atoms with van der Waals surface area (Å²) in [6.45, 7) is 6.12. The lowest BCUT2D eigenvalue weighted by molar-refractivity contribution is -0.131. The normalized spacial score (nSPS) is 16.3. The Labute approximate surface area is 148 Å². The van der Waals surface area contributed by atoms with Crippen LogP contribution in [0.1, 0.15) is 31.6 Å². The molecule has 2 aromatic rings. The van der Waals surface area contributed by atoms with Gasteiger partial charge < -0.3 is 19.5 Å². The molecule has 0 radical (unpaired) electrons. The van der Waals surface area contributed by atoms with Crippen LogP contribution in [-0.4, -0.2) is 65.2 Å². The number of carbonyl (C=O) groups is 1. The molecule has 1 aliphatic heterocycles. The van der Waals surface area contributed by atoms with Crippen LogP contribution in [0.3, 0.4) is 0 Å². The van der Waals surface area contributed by atoms with Crippen molar-refractivity contribution in [2.45, 2.75) is 32.2 Å². The van der Waals surface area contributed by atoms with Crippen LogP contribution in [0.4, 0.5) is 0 Å². The molecule has 1 aliphatic rings. The number of carbonyl (C=O) groups excluding carboxylic acids is 1. The molecule has 1 atom stereocenters. The fourth-order valence-corrected chi connectivity index (χ4v) is 3.40. The van der Waals surface area contributed by atoms with Crippen molar-refractivity contribution in [1.29, 1.82) is 0 Å². The lowest BCUT2D eigenvalue weighted by atomic mass is 10.2. The van der Waals surface area contributed by atoms with Gasteiger partial charge in [0.15, 0.2) is 5.65 Å². The van der Waals surface area contributed by atoms with Gasteiger partial charge in [0.25, 0.3) is 0 Å². The van der Waals surface area contributed by atoms with Crippen LogP contribution in [0.15, 0.2) is 18.3 Å². The fraction of sp³-hybridized carbons (Fsp3) is 0.611. The second-order valence-corrected chi connectivity index (χ2v) is 6.53. The zero-order valence-electron chi connectivity index (χ0n) is 15.1. The van der Waals surface area contributed by atoms with Gasteiger partial charge >= 0.3 is 0 Å². The Morgan fingerprint density at radius 1 is 1.40 bits per heavy atom. The number of imidazole rings is 1. The molecule has 0 bridgehead atoms. The number of amides is 1. The number of methoxy groups -OCH3 is 1. The molecule has 25 heavy (non-hydrogen) atoms. The van der Waals surface area contributed by atoms with Gasteiger partial charge in [0, 0.05) is 52.3 Å². The van der Waals surface area contributed by atoms with Crippen LogP contribution in [0.5, 0.6) is 0 Å². The van der Waals surface area contributed by atoms with Crippen LogP contribution in [0.2, 0.25) is 0 Å². The number of rotatable bonds is 7. The maximum Gasteiger partial charge on any atom is 0.222 e. The molecule has 7 nitrogen and oxygen atoms in total. The van der Waals surface area contributed by atoms with E-state index in [1.54, 1.807) is 13.3 Å². The highest BCUT2D eigenvalue weighted by molar-refractivity contribution is 5.76. The predicted molar refractivity (Wildman–Crippen MR) is 96.5 cm³/mol. The van der Waals surface area contributed by atoms with E-state index < -0.39 is 0 Å². The lowest BCUT2D eigenvalue weighted by Crippen LogP contribution is -2.46. The molecule has 1 saturated heterocycles. The Bertz CT molecular complexity index is 709. The predicted octanol–water partition coefficient (Wildman–Crippen LogP) is 1.39. The molecule has 7 heteroatoms. The van der Waals surface area contributed by atoms with Gasteiger partial charge in [-0.2, -0.15) is 0 Å². The van der Waals surface area contributed by atoms with E-state index in [1.807, 2.05) is 17.0 Å². The first-order chi connectivity index (χ1) is 12.2. The van der Waals surface area contributed by atoms with Gasteiger partial charge in [-0.25, -0.2) is 9.97 Å². The van der Waals surface area contributed by atoms with E-state index in [9.17, 15) is 4.79 Å². The molecule has 1 N–H and O–H groups in total. The highest BCUT2D eigenvalue weighted by Gasteiger charge is 2.19. The van der Waals surface area contributed by atoms with Crippen molar-refractivity contribution in [3.63, 3.8) is 0 Å². The van der Waals surface area contributed by atoms with E-state index in [2.05, 4.69) is 21.8 Å². The first-order valence-electron chi connectivity index (χ1n) is 9.00. The van der Waals surface area contributed by atoms with Crippen molar-refractivity contribution in [3.05, 3.63) is 24.2 Å². The van der Waals surface area contributed by atoms with Gasteiger partial charge in [-0.3, -0.25) is 4.79 Å². The first-order valence-corrected chi connectivity index (χ1v) is 9.00. The van der Waals surface area contributed by atoms with E-state index in [-0.39, 0.29) is 11.9 Å². The Morgan fingerprint density at radius 2 is 2.20 bits per heavy atom. The number of ether oxygens (including phenoxy) is 1.